The van der Waals surface area contributed by atoms with Gasteiger partial charge in [-0.1, -0.05) is 60.6 Å². The molecule has 3 aromatic rings. The number of thiazole rings is 1. The predicted octanol–water partition coefficient (Wildman–Crippen LogP) is 4.82. The van der Waals surface area contributed by atoms with Gasteiger partial charge in [-0.3, -0.25) is 0 Å². The fourth-order valence-electron chi connectivity index (χ4n) is 2.02. The van der Waals surface area contributed by atoms with E-state index in [9.17, 15) is 0 Å². The van der Waals surface area contributed by atoms with Crippen molar-refractivity contribution in [3.8, 4) is 0 Å². The fraction of sp³-hybridized carbons (Fsp3) is 0.267. The van der Waals surface area contributed by atoms with Crippen LogP contribution >= 0.6 is 34.7 Å². The van der Waals surface area contributed by atoms with Crippen molar-refractivity contribution in [3.63, 3.8) is 0 Å². The predicted molar refractivity (Wildman–Crippen MR) is 89.5 cm³/mol. The lowest BCUT2D eigenvalue weighted by atomic mass is 9.98. The summed E-state index contributed by atoms with van der Waals surface area (Å²) < 4.78 is 6.24. The standard InChI is InChI=1S/C15H14ClN3OS2/c1-10(11-5-3-2-4-6-11)7-13-18-19-15(20-13)22-9-12-8-21-14(16)17-12/h2-6,8,10H,7,9H2,1H3/t10-/m1/s1. The van der Waals surface area contributed by atoms with E-state index in [1.54, 1.807) is 0 Å². The van der Waals surface area contributed by atoms with Gasteiger partial charge in [-0.15, -0.1) is 21.5 Å². The van der Waals surface area contributed by atoms with E-state index in [2.05, 4.69) is 34.2 Å². The first-order valence-corrected chi connectivity index (χ1v) is 9.05. The number of hydrogen-bond donors (Lipinski definition) is 0. The van der Waals surface area contributed by atoms with Crippen LogP contribution in [0, 0.1) is 0 Å². The maximum Gasteiger partial charge on any atom is 0.276 e. The largest absolute Gasteiger partial charge is 0.416 e. The molecule has 22 heavy (non-hydrogen) atoms. The minimum Gasteiger partial charge on any atom is -0.416 e. The number of rotatable bonds is 6. The summed E-state index contributed by atoms with van der Waals surface area (Å²) in [4.78, 5) is 4.19. The molecule has 0 saturated heterocycles. The highest BCUT2D eigenvalue weighted by Crippen LogP contribution is 2.25. The van der Waals surface area contributed by atoms with Gasteiger partial charge in [-0.2, -0.15) is 0 Å². The van der Waals surface area contributed by atoms with Crippen LogP contribution in [0.1, 0.15) is 30.0 Å². The normalized spacial score (nSPS) is 12.5. The summed E-state index contributed by atoms with van der Waals surface area (Å²) >= 11 is 8.71. The van der Waals surface area contributed by atoms with Crippen molar-refractivity contribution >= 4 is 34.7 Å². The Balaban J connectivity index is 1.57. The van der Waals surface area contributed by atoms with E-state index in [4.69, 9.17) is 16.0 Å². The van der Waals surface area contributed by atoms with Crippen LogP contribution in [0.15, 0.2) is 45.4 Å². The highest BCUT2D eigenvalue weighted by atomic mass is 35.5. The fourth-order valence-corrected chi connectivity index (χ4v) is 3.58. The molecule has 0 aliphatic heterocycles. The van der Waals surface area contributed by atoms with E-state index in [0.717, 1.165) is 12.1 Å². The van der Waals surface area contributed by atoms with E-state index in [1.807, 2.05) is 23.6 Å². The lowest BCUT2D eigenvalue weighted by molar-refractivity contribution is 0.404. The van der Waals surface area contributed by atoms with Gasteiger partial charge in [-0.05, 0) is 11.5 Å². The summed E-state index contributed by atoms with van der Waals surface area (Å²) in [6, 6.07) is 10.3. The molecular formula is C15H14ClN3OS2. The number of thioether (sulfide) groups is 1. The molecule has 0 amide bonds. The van der Waals surface area contributed by atoms with Gasteiger partial charge in [0.05, 0.1) is 5.69 Å². The van der Waals surface area contributed by atoms with Gasteiger partial charge in [0.1, 0.15) is 0 Å². The van der Waals surface area contributed by atoms with Crippen LogP contribution in [0.5, 0.6) is 0 Å². The Hall–Kier alpha value is -1.37. The maximum atomic E-state index is 5.81. The van der Waals surface area contributed by atoms with Crippen LogP contribution in [0.25, 0.3) is 0 Å². The van der Waals surface area contributed by atoms with E-state index >= 15 is 0 Å². The summed E-state index contributed by atoms with van der Waals surface area (Å²) in [5.74, 6) is 1.69. The van der Waals surface area contributed by atoms with Crippen molar-refractivity contribution in [2.24, 2.45) is 0 Å². The highest BCUT2D eigenvalue weighted by Gasteiger charge is 2.13. The maximum absolute atomic E-state index is 5.81. The zero-order valence-corrected chi connectivity index (χ0v) is 14.3. The van der Waals surface area contributed by atoms with E-state index in [0.29, 0.717) is 27.3 Å². The Morgan fingerprint density at radius 2 is 2.09 bits per heavy atom. The number of halogens is 1. The first kappa shape index (κ1) is 15.5. The number of hydrogen-bond acceptors (Lipinski definition) is 6. The molecule has 7 heteroatoms. The molecule has 3 rings (SSSR count). The Morgan fingerprint density at radius 3 is 2.82 bits per heavy atom. The molecule has 0 fully saturated rings. The molecule has 1 atom stereocenters. The lowest BCUT2D eigenvalue weighted by Gasteiger charge is -2.08. The quantitative estimate of drug-likeness (QED) is 0.596. The Labute approximate surface area is 141 Å². The highest BCUT2D eigenvalue weighted by molar-refractivity contribution is 7.98. The molecule has 2 heterocycles. The van der Waals surface area contributed by atoms with Gasteiger partial charge in [0.15, 0.2) is 4.47 Å². The average molecular weight is 352 g/mol. The SMILES string of the molecule is C[C@H](Cc1nnc(SCc2csc(Cl)n2)o1)c1ccccc1. The minimum absolute atomic E-state index is 0.344. The molecule has 0 bridgehead atoms. The number of nitrogens with zero attached hydrogens (tertiary/aromatic N) is 3. The number of aromatic nitrogens is 3. The summed E-state index contributed by atoms with van der Waals surface area (Å²) in [6.45, 7) is 2.16. The van der Waals surface area contributed by atoms with Gasteiger partial charge in [-0.25, -0.2) is 4.98 Å². The Morgan fingerprint density at radius 1 is 1.27 bits per heavy atom. The van der Waals surface area contributed by atoms with Crippen molar-refractivity contribution in [1.82, 2.24) is 15.2 Å². The zero-order chi connectivity index (χ0) is 15.4. The van der Waals surface area contributed by atoms with E-state index < -0.39 is 0 Å². The molecule has 0 unspecified atom stereocenters. The zero-order valence-electron chi connectivity index (χ0n) is 11.9. The molecule has 0 N–H and O–H groups in total. The van der Waals surface area contributed by atoms with Crippen LogP contribution in [-0.4, -0.2) is 15.2 Å². The Kier molecular flexibility index (Phi) is 5.12. The van der Waals surface area contributed by atoms with Crippen LogP contribution in [0.2, 0.25) is 4.47 Å². The van der Waals surface area contributed by atoms with Crippen molar-refractivity contribution in [2.75, 3.05) is 0 Å². The van der Waals surface area contributed by atoms with Gasteiger partial charge >= 0.3 is 0 Å². The second kappa shape index (κ2) is 7.26. The smallest absolute Gasteiger partial charge is 0.276 e. The van der Waals surface area contributed by atoms with Crippen LogP contribution in [-0.2, 0) is 12.2 Å². The molecule has 2 aromatic heterocycles. The summed E-state index contributed by atoms with van der Waals surface area (Å²) in [5, 5.41) is 10.7. The summed E-state index contributed by atoms with van der Waals surface area (Å²) in [6.07, 6.45) is 0.736. The van der Waals surface area contributed by atoms with Crippen molar-refractivity contribution in [1.29, 1.82) is 0 Å². The molecule has 1 aromatic carbocycles. The Bertz CT molecular complexity index is 729. The molecule has 0 aliphatic rings. The second-order valence-corrected chi connectivity index (χ2v) is 7.22. The van der Waals surface area contributed by atoms with Crippen molar-refractivity contribution in [3.05, 3.63) is 57.3 Å². The third-order valence-corrected chi connectivity index (χ3v) is 5.04. The molecule has 0 radical (unpaired) electrons. The van der Waals surface area contributed by atoms with Gasteiger partial charge < -0.3 is 4.42 Å². The van der Waals surface area contributed by atoms with Gasteiger partial charge in [0.25, 0.3) is 5.22 Å². The van der Waals surface area contributed by atoms with Gasteiger partial charge in [0.2, 0.25) is 5.89 Å². The van der Waals surface area contributed by atoms with Crippen LogP contribution < -0.4 is 0 Å². The van der Waals surface area contributed by atoms with Gasteiger partial charge in [0, 0.05) is 17.6 Å². The number of benzene rings is 1. The van der Waals surface area contributed by atoms with Crippen LogP contribution in [0.3, 0.4) is 0 Å². The minimum atomic E-state index is 0.344. The van der Waals surface area contributed by atoms with E-state index in [1.165, 1.54) is 28.7 Å². The second-order valence-electron chi connectivity index (χ2n) is 4.86. The van der Waals surface area contributed by atoms with Crippen molar-refractivity contribution in [2.45, 2.75) is 30.2 Å². The summed E-state index contributed by atoms with van der Waals surface area (Å²) in [7, 11) is 0. The molecular weight excluding hydrogens is 338 g/mol. The first-order valence-electron chi connectivity index (χ1n) is 6.81. The summed E-state index contributed by atoms with van der Waals surface area (Å²) in [5.41, 5.74) is 2.20. The van der Waals surface area contributed by atoms with E-state index in [-0.39, 0.29) is 0 Å². The first-order chi connectivity index (χ1) is 10.7. The molecule has 0 saturated carbocycles. The molecule has 114 valence electrons. The topological polar surface area (TPSA) is 51.8 Å². The third-order valence-electron chi connectivity index (χ3n) is 3.16. The molecule has 4 nitrogen and oxygen atoms in total. The monoisotopic (exact) mass is 351 g/mol. The third kappa shape index (κ3) is 4.09. The average Bonchev–Trinajstić information content (AvgIpc) is 3.15. The van der Waals surface area contributed by atoms with Crippen LogP contribution in [0.4, 0.5) is 0 Å². The molecule has 0 spiro atoms. The lowest BCUT2D eigenvalue weighted by Crippen LogP contribution is -1.98. The van der Waals surface area contributed by atoms with Crippen molar-refractivity contribution < 1.29 is 4.42 Å². The molecule has 0 aliphatic carbocycles.